The summed E-state index contributed by atoms with van der Waals surface area (Å²) in [5.74, 6) is -0.903. The Labute approximate surface area is 353 Å². The predicted molar refractivity (Wildman–Crippen MR) is 242 cm³/mol. The van der Waals surface area contributed by atoms with E-state index in [2.05, 4.69) is 57.2 Å². The van der Waals surface area contributed by atoms with Gasteiger partial charge in [0.05, 0.1) is 0 Å². The smallest absolute Gasteiger partial charge is 0.306 e. The maximum atomic E-state index is 12.7. The summed E-state index contributed by atoms with van der Waals surface area (Å²) in [6, 6.07) is 0. The molecule has 0 saturated heterocycles. The summed E-state index contributed by atoms with van der Waals surface area (Å²) in [5.41, 5.74) is 0. The molecule has 0 aliphatic rings. The van der Waals surface area contributed by atoms with Crippen LogP contribution < -0.4 is 0 Å². The zero-order chi connectivity index (χ0) is 41.5. The third-order valence-electron chi connectivity index (χ3n) is 10.6. The lowest BCUT2D eigenvalue weighted by Gasteiger charge is -2.18. The molecule has 0 aromatic heterocycles. The Morgan fingerprint density at radius 3 is 0.930 bits per heavy atom. The number of allylic oxidation sites excluding steroid dienone is 6. The van der Waals surface area contributed by atoms with Gasteiger partial charge in [0, 0.05) is 19.3 Å². The van der Waals surface area contributed by atoms with Gasteiger partial charge in [-0.3, -0.25) is 14.4 Å². The molecule has 0 radical (unpaired) electrons. The van der Waals surface area contributed by atoms with E-state index >= 15 is 0 Å². The maximum absolute atomic E-state index is 12.7. The molecule has 1 unspecified atom stereocenters. The van der Waals surface area contributed by atoms with Crippen molar-refractivity contribution in [3.63, 3.8) is 0 Å². The third-order valence-corrected chi connectivity index (χ3v) is 10.6. The Hall–Kier alpha value is -2.37. The molecule has 0 saturated carbocycles. The van der Waals surface area contributed by atoms with Crippen molar-refractivity contribution in [3.05, 3.63) is 36.5 Å². The molecule has 0 rings (SSSR count). The minimum absolute atomic E-state index is 0.0814. The van der Waals surface area contributed by atoms with Gasteiger partial charge >= 0.3 is 17.9 Å². The summed E-state index contributed by atoms with van der Waals surface area (Å²) in [4.78, 5) is 37.8. The minimum Gasteiger partial charge on any atom is -0.462 e. The Balaban J connectivity index is 4.40. The number of hydrogen-bond donors (Lipinski definition) is 0. The lowest BCUT2D eigenvalue weighted by Crippen LogP contribution is -2.30. The van der Waals surface area contributed by atoms with Gasteiger partial charge in [0.15, 0.2) is 6.10 Å². The van der Waals surface area contributed by atoms with Crippen LogP contribution in [-0.4, -0.2) is 37.2 Å². The summed E-state index contributed by atoms with van der Waals surface area (Å²) in [5, 5.41) is 0. The second-order valence-corrected chi connectivity index (χ2v) is 16.4. The van der Waals surface area contributed by atoms with Crippen molar-refractivity contribution in [3.8, 4) is 0 Å². The first kappa shape index (κ1) is 54.6. The molecule has 0 aromatic rings. The van der Waals surface area contributed by atoms with Crippen LogP contribution >= 0.6 is 0 Å². The summed E-state index contributed by atoms with van der Waals surface area (Å²) in [6.07, 6.45) is 52.6. The van der Waals surface area contributed by atoms with Crippen molar-refractivity contribution < 1.29 is 28.6 Å². The summed E-state index contributed by atoms with van der Waals surface area (Å²) in [7, 11) is 0. The molecule has 0 aromatic carbocycles. The van der Waals surface area contributed by atoms with Gasteiger partial charge in [0.1, 0.15) is 13.2 Å². The van der Waals surface area contributed by atoms with E-state index in [1.807, 2.05) is 0 Å². The summed E-state index contributed by atoms with van der Waals surface area (Å²) in [6.45, 7) is 6.57. The van der Waals surface area contributed by atoms with Gasteiger partial charge in [-0.15, -0.1) is 0 Å². The molecule has 0 spiro atoms. The summed E-state index contributed by atoms with van der Waals surface area (Å²) >= 11 is 0. The average molecular weight is 801 g/mol. The highest BCUT2D eigenvalue weighted by Crippen LogP contribution is 2.14. The second-order valence-electron chi connectivity index (χ2n) is 16.4. The fourth-order valence-electron chi connectivity index (χ4n) is 6.84. The first-order chi connectivity index (χ1) is 28.0. The van der Waals surface area contributed by atoms with Gasteiger partial charge in [0.2, 0.25) is 0 Å². The maximum Gasteiger partial charge on any atom is 0.306 e. The number of carbonyl (C=O) groups is 3. The highest BCUT2D eigenvalue weighted by molar-refractivity contribution is 5.71. The molecule has 0 bridgehead atoms. The van der Waals surface area contributed by atoms with E-state index in [4.69, 9.17) is 14.2 Å². The molecule has 0 N–H and O–H groups in total. The first-order valence-corrected chi connectivity index (χ1v) is 24.5. The fourth-order valence-corrected chi connectivity index (χ4v) is 6.84. The van der Waals surface area contributed by atoms with E-state index in [-0.39, 0.29) is 31.1 Å². The molecule has 332 valence electrons. The van der Waals surface area contributed by atoms with Gasteiger partial charge in [-0.2, -0.15) is 0 Å². The first-order valence-electron chi connectivity index (χ1n) is 24.5. The summed E-state index contributed by atoms with van der Waals surface area (Å²) < 4.78 is 16.7. The minimum atomic E-state index is -0.779. The average Bonchev–Trinajstić information content (AvgIpc) is 3.21. The van der Waals surface area contributed by atoms with E-state index in [0.717, 1.165) is 83.5 Å². The monoisotopic (exact) mass is 801 g/mol. The zero-order valence-electron chi connectivity index (χ0n) is 37.9. The molecule has 0 aliphatic carbocycles. The second kappa shape index (κ2) is 46.3. The Morgan fingerprint density at radius 1 is 0.333 bits per heavy atom. The lowest BCUT2D eigenvalue weighted by atomic mass is 10.1. The van der Waals surface area contributed by atoms with Gasteiger partial charge in [-0.1, -0.05) is 173 Å². The van der Waals surface area contributed by atoms with Crippen molar-refractivity contribution in [2.75, 3.05) is 13.2 Å². The molecule has 0 amide bonds. The molecule has 6 heteroatoms. The molecule has 0 aliphatic heterocycles. The number of hydrogen-bond acceptors (Lipinski definition) is 6. The van der Waals surface area contributed by atoms with E-state index < -0.39 is 6.10 Å². The van der Waals surface area contributed by atoms with Crippen molar-refractivity contribution in [1.82, 2.24) is 0 Å². The number of unbranched alkanes of at least 4 members (excludes halogenated alkanes) is 27. The molecule has 0 fully saturated rings. The quantitative estimate of drug-likeness (QED) is 0.0264. The van der Waals surface area contributed by atoms with Crippen LogP contribution in [0, 0.1) is 0 Å². The van der Waals surface area contributed by atoms with Gasteiger partial charge in [0.25, 0.3) is 0 Å². The number of esters is 3. The van der Waals surface area contributed by atoms with E-state index in [9.17, 15) is 14.4 Å². The zero-order valence-corrected chi connectivity index (χ0v) is 37.9. The van der Waals surface area contributed by atoms with Crippen molar-refractivity contribution in [1.29, 1.82) is 0 Å². The van der Waals surface area contributed by atoms with Gasteiger partial charge < -0.3 is 14.2 Å². The molecule has 1 atom stereocenters. The lowest BCUT2D eigenvalue weighted by molar-refractivity contribution is -0.167. The van der Waals surface area contributed by atoms with Crippen LogP contribution in [0.5, 0.6) is 0 Å². The predicted octanol–water partition coefficient (Wildman–Crippen LogP) is 15.8. The third kappa shape index (κ3) is 44.6. The van der Waals surface area contributed by atoms with E-state index in [0.29, 0.717) is 19.3 Å². The van der Waals surface area contributed by atoms with Crippen molar-refractivity contribution >= 4 is 17.9 Å². The largest absolute Gasteiger partial charge is 0.462 e. The fraction of sp³-hybridized carbons (Fsp3) is 0.824. The Bertz CT molecular complexity index is 969. The molecule has 0 heterocycles. The highest BCUT2D eigenvalue weighted by atomic mass is 16.6. The molecule has 6 nitrogen and oxygen atoms in total. The van der Waals surface area contributed by atoms with Crippen LogP contribution in [0.1, 0.15) is 252 Å². The van der Waals surface area contributed by atoms with E-state index in [1.54, 1.807) is 0 Å². The van der Waals surface area contributed by atoms with E-state index in [1.165, 1.54) is 128 Å². The van der Waals surface area contributed by atoms with Crippen LogP contribution in [0.25, 0.3) is 0 Å². The SMILES string of the molecule is CCCCC/C=C\CCCCCCCC(=O)OCC(COC(=O)CCCCCCC/C=C\CCCCCCC)OC(=O)CCCCCCC/C=C\CCCCCC. The van der Waals surface area contributed by atoms with Crippen LogP contribution in [0.4, 0.5) is 0 Å². The van der Waals surface area contributed by atoms with Crippen LogP contribution in [0.3, 0.4) is 0 Å². The van der Waals surface area contributed by atoms with Crippen LogP contribution in [0.2, 0.25) is 0 Å². The highest BCUT2D eigenvalue weighted by Gasteiger charge is 2.19. The van der Waals surface area contributed by atoms with Gasteiger partial charge in [-0.25, -0.2) is 0 Å². The number of rotatable bonds is 44. The van der Waals surface area contributed by atoms with Crippen LogP contribution in [0.15, 0.2) is 36.5 Å². The Morgan fingerprint density at radius 2 is 0.579 bits per heavy atom. The van der Waals surface area contributed by atoms with Crippen LogP contribution in [-0.2, 0) is 28.6 Å². The Kier molecular flexibility index (Phi) is 44.4. The normalized spacial score (nSPS) is 12.3. The molecular formula is C51H92O6. The standard InChI is InChI=1S/C51H92O6/c1-4-7-10-13-16-19-22-25-27-29-32-35-38-41-44-50(53)56-47-48(46-55-49(52)43-40-37-34-31-28-24-21-18-15-12-9-6-3)57-51(54)45-42-39-36-33-30-26-23-20-17-14-11-8-5-2/h18,20-23,25,48H,4-17,19,24,26-47H2,1-3H3/b21-18-,23-20-,25-22-. The topological polar surface area (TPSA) is 78.9 Å². The number of ether oxygens (including phenoxy) is 3. The van der Waals surface area contributed by atoms with Gasteiger partial charge in [-0.05, 0) is 96.3 Å². The number of carbonyl (C=O) groups excluding carboxylic acids is 3. The van der Waals surface area contributed by atoms with Crippen molar-refractivity contribution in [2.24, 2.45) is 0 Å². The molecular weight excluding hydrogens is 709 g/mol. The molecule has 57 heavy (non-hydrogen) atoms. The van der Waals surface area contributed by atoms with Crippen molar-refractivity contribution in [2.45, 2.75) is 258 Å².